The minimum atomic E-state index is -4.51. The molecule has 8 nitrogen and oxygen atoms in total. The molecule has 6 aromatic rings. The minimum absolute atomic E-state index is 0.110. The van der Waals surface area contributed by atoms with Gasteiger partial charge in [-0.25, -0.2) is 0 Å². The lowest BCUT2D eigenvalue weighted by atomic mass is 10.0. The van der Waals surface area contributed by atoms with Gasteiger partial charge in [0.15, 0.2) is 0 Å². The fourth-order valence-electron chi connectivity index (χ4n) is 6.16. The van der Waals surface area contributed by atoms with E-state index in [1.165, 1.54) is 16.5 Å². The number of alkyl halides is 3. The first-order valence-corrected chi connectivity index (χ1v) is 19.2. The molecule has 2 heterocycles. The van der Waals surface area contributed by atoms with Crippen LogP contribution in [-0.4, -0.2) is 40.7 Å². The highest BCUT2D eigenvalue weighted by Crippen LogP contribution is 2.28. The van der Waals surface area contributed by atoms with Crippen LogP contribution in [-0.2, 0) is 28.6 Å². The maximum atomic E-state index is 13.3. The predicted octanol–water partition coefficient (Wildman–Crippen LogP) is 9.46. The number of benzene rings is 4. The molecule has 0 radical (unpaired) electrons. The first-order chi connectivity index (χ1) is 28.1. The molecule has 0 aliphatic heterocycles. The SMILES string of the molecule is Cc1ccc(CCN(C(=O)[C@@H](N)c2ccccc2)c2ccc(C)c(C)c2)nc1.Cc1ccc(N(CCc2ccc(C(F)(F)F)nc2)C(=O)C(=O)c2ccccc2)cc1C. The van der Waals surface area contributed by atoms with Crippen LogP contribution in [0, 0.1) is 34.6 Å². The zero-order chi connectivity index (χ0) is 42.7. The standard InChI is InChI=1S/C24H21F3N2O2.C24H27N3O/c1-16-8-10-20(14-17(16)2)29(23(31)22(30)19-6-4-3-5-7-19)13-12-18-9-11-21(28-15-18)24(25,26)27;1-17-9-11-21(26-16-17)13-14-27(22-12-10-18(2)19(3)15-22)24(28)23(25)20-7-5-4-6-8-20/h3-11,14-15H,12-13H2,1-2H3;4-12,15-16,23H,13-14,25H2,1-3H3/t;23-/m.0/s1. The highest BCUT2D eigenvalue weighted by atomic mass is 19.4. The van der Waals surface area contributed by atoms with Gasteiger partial charge in [-0.15, -0.1) is 0 Å². The molecular formula is C48H48F3N5O3. The van der Waals surface area contributed by atoms with E-state index in [1.54, 1.807) is 41.3 Å². The van der Waals surface area contributed by atoms with Crippen molar-refractivity contribution in [3.8, 4) is 0 Å². The van der Waals surface area contributed by atoms with Gasteiger partial charge in [-0.05, 0) is 116 Å². The van der Waals surface area contributed by atoms with E-state index in [2.05, 4.69) is 23.8 Å². The average Bonchev–Trinajstić information content (AvgIpc) is 3.24. The number of ketones is 1. The molecule has 0 aliphatic carbocycles. The van der Waals surface area contributed by atoms with Crippen molar-refractivity contribution in [1.29, 1.82) is 0 Å². The van der Waals surface area contributed by atoms with Crippen molar-refractivity contribution in [2.24, 2.45) is 5.73 Å². The van der Waals surface area contributed by atoms with Crippen molar-refractivity contribution in [3.63, 3.8) is 0 Å². The maximum Gasteiger partial charge on any atom is 0.433 e. The fourth-order valence-corrected chi connectivity index (χ4v) is 6.16. The molecule has 59 heavy (non-hydrogen) atoms. The highest BCUT2D eigenvalue weighted by molar-refractivity contribution is 6.47. The number of nitrogens with zero attached hydrogens (tertiary/aromatic N) is 4. The van der Waals surface area contributed by atoms with E-state index in [4.69, 9.17) is 5.73 Å². The number of hydrogen-bond acceptors (Lipinski definition) is 6. The van der Waals surface area contributed by atoms with Crippen LogP contribution in [0.3, 0.4) is 0 Å². The Morgan fingerprint density at radius 2 is 1.20 bits per heavy atom. The van der Waals surface area contributed by atoms with Crippen LogP contribution in [0.15, 0.2) is 134 Å². The Morgan fingerprint density at radius 1 is 0.627 bits per heavy atom. The van der Waals surface area contributed by atoms with Gasteiger partial charge in [0.1, 0.15) is 11.7 Å². The summed E-state index contributed by atoms with van der Waals surface area (Å²) in [6.07, 6.45) is -0.605. The summed E-state index contributed by atoms with van der Waals surface area (Å²) < 4.78 is 38.2. The van der Waals surface area contributed by atoms with E-state index < -0.39 is 29.6 Å². The second-order valence-corrected chi connectivity index (χ2v) is 14.4. The first-order valence-electron chi connectivity index (χ1n) is 19.2. The molecule has 1 atom stereocenters. The normalized spacial score (nSPS) is 11.5. The van der Waals surface area contributed by atoms with Gasteiger partial charge < -0.3 is 15.5 Å². The topological polar surface area (TPSA) is 109 Å². The lowest BCUT2D eigenvalue weighted by molar-refractivity contribution is -0.141. The monoisotopic (exact) mass is 799 g/mol. The van der Waals surface area contributed by atoms with Gasteiger partial charge >= 0.3 is 6.18 Å². The Balaban J connectivity index is 0.000000225. The van der Waals surface area contributed by atoms with Crippen molar-refractivity contribution < 1.29 is 27.6 Å². The number of halogens is 3. The summed E-state index contributed by atoms with van der Waals surface area (Å²) in [4.78, 5) is 50.2. The number of aryl methyl sites for hydroxylation is 5. The molecule has 0 saturated heterocycles. The Kier molecular flexibility index (Phi) is 14.7. The summed E-state index contributed by atoms with van der Waals surface area (Å²) in [5, 5.41) is 0. The Labute approximate surface area is 343 Å². The summed E-state index contributed by atoms with van der Waals surface area (Å²) in [6.45, 7) is 10.6. The van der Waals surface area contributed by atoms with Crippen molar-refractivity contribution in [1.82, 2.24) is 9.97 Å². The quantitative estimate of drug-likeness (QED) is 0.0976. The second kappa shape index (κ2) is 19.8. The van der Waals surface area contributed by atoms with Gasteiger partial charge in [-0.1, -0.05) is 84.9 Å². The highest BCUT2D eigenvalue weighted by Gasteiger charge is 2.32. The minimum Gasteiger partial charge on any atom is -0.316 e. The van der Waals surface area contributed by atoms with E-state index in [0.29, 0.717) is 24.2 Å². The van der Waals surface area contributed by atoms with Crippen LogP contribution in [0.1, 0.15) is 66.7 Å². The van der Waals surface area contributed by atoms with Gasteiger partial charge in [-0.2, -0.15) is 13.2 Å². The molecule has 304 valence electrons. The van der Waals surface area contributed by atoms with Gasteiger partial charge in [0.25, 0.3) is 11.7 Å². The van der Waals surface area contributed by atoms with E-state index >= 15 is 0 Å². The molecule has 0 bridgehead atoms. The molecule has 0 saturated carbocycles. The van der Waals surface area contributed by atoms with Gasteiger partial charge in [-0.3, -0.25) is 24.4 Å². The third-order valence-electron chi connectivity index (χ3n) is 10.1. The Morgan fingerprint density at radius 3 is 1.73 bits per heavy atom. The smallest absolute Gasteiger partial charge is 0.316 e. The largest absolute Gasteiger partial charge is 0.433 e. The van der Waals surface area contributed by atoms with Gasteiger partial charge in [0.05, 0.1) is 0 Å². The van der Waals surface area contributed by atoms with Gasteiger partial charge in [0, 0.05) is 54.5 Å². The Bertz CT molecular complexity index is 2350. The summed E-state index contributed by atoms with van der Waals surface area (Å²) in [7, 11) is 0. The van der Waals surface area contributed by atoms with Crippen LogP contribution >= 0.6 is 0 Å². The zero-order valence-electron chi connectivity index (χ0n) is 33.8. The van der Waals surface area contributed by atoms with Crippen molar-refractivity contribution in [2.45, 2.75) is 59.7 Å². The molecule has 11 heteroatoms. The van der Waals surface area contributed by atoms with Crippen molar-refractivity contribution >= 4 is 29.0 Å². The molecule has 2 amide bonds. The van der Waals surface area contributed by atoms with Crippen LogP contribution in [0.2, 0.25) is 0 Å². The van der Waals surface area contributed by atoms with E-state index in [9.17, 15) is 27.6 Å². The molecule has 6 rings (SSSR count). The van der Waals surface area contributed by atoms with Gasteiger partial charge in [0.2, 0.25) is 5.91 Å². The molecule has 0 fully saturated rings. The van der Waals surface area contributed by atoms with Crippen LogP contribution < -0.4 is 15.5 Å². The lowest BCUT2D eigenvalue weighted by Crippen LogP contribution is -2.40. The second-order valence-electron chi connectivity index (χ2n) is 14.4. The number of rotatable bonds is 12. The number of carbonyl (C=O) groups is 3. The number of anilines is 2. The number of Topliss-reactive ketones (excluding diaryl/α,β-unsaturated/α-hetero) is 1. The molecule has 2 N–H and O–H groups in total. The lowest BCUT2D eigenvalue weighted by Gasteiger charge is -2.27. The molecule has 0 unspecified atom stereocenters. The number of amides is 2. The molecule has 4 aromatic carbocycles. The van der Waals surface area contributed by atoms with E-state index in [1.807, 2.05) is 99.8 Å². The van der Waals surface area contributed by atoms with Crippen molar-refractivity contribution in [2.75, 3.05) is 22.9 Å². The third kappa shape index (κ3) is 11.8. The summed E-state index contributed by atoms with van der Waals surface area (Å²) in [6, 6.07) is 34.8. The fraction of sp³-hybridized carbons (Fsp3) is 0.229. The predicted molar refractivity (Wildman–Crippen MR) is 226 cm³/mol. The first kappa shape index (κ1) is 43.7. The number of carbonyl (C=O) groups excluding carboxylic acids is 3. The number of nitrogens with two attached hydrogens (primary N) is 1. The van der Waals surface area contributed by atoms with Crippen LogP contribution in [0.25, 0.3) is 0 Å². The number of aromatic nitrogens is 2. The zero-order valence-corrected chi connectivity index (χ0v) is 33.8. The molecule has 0 spiro atoms. The molecule has 0 aliphatic rings. The van der Waals surface area contributed by atoms with Crippen LogP contribution in [0.4, 0.5) is 24.5 Å². The summed E-state index contributed by atoms with van der Waals surface area (Å²) in [5.74, 6) is -1.46. The summed E-state index contributed by atoms with van der Waals surface area (Å²) in [5.41, 5.74) is 14.8. The maximum absolute atomic E-state index is 13.3. The third-order valence-corrected chi connectivity index (χ3v) is 10.1. The molecule has 2 aromatic heterocycles. The number of hydrogen-bond donors (Lipinski definition) is 1. The number of pyridine rings is 2. The van der Waals surface area contributed by atoms with E-state index in [0.717, 1.165) is 51.5 Å². The Hall–Kier alpha value is -6.46. The van der Waals surface area contributed by atoms with E-state index in [-0.39, 0.29) is 24.4 Å². The molecular weight excluding hydrogens is 752 g/mol. The van der Waals surface area contributed by atoms with Crippen molar-refractivity contribution in [3.05, 3.63) is 190 Å². The average molecular weight is 800 g/mol. The van der Waals surface area contributed by atoms with Crippen LogP contribution in [0.5, 0.6) is 0 Å². The summed E-state index contributed by atoms with van der Waals surface area (Å²) >= 11 is 0.